The van der Waals surface area contributed by atoms with Gasteiger partial charge >= 0.3 is 0 Å². The number of aliphatic imine (C=N–C) groups is 1. The van der Waals surface area contributed by atoms with Gasteiger partial charge in [-0.25, -0.2) is 0 Å². The lowest BCUT2D eigenvalue weighted by atomic mass is 10.3. The fraction of sp³-hybridized carbons (Fsp3) is 0.100. The molecule has 0 radical (unpaired) electrons. The van der Waals surface area contributed by atoms with Crippen LogP contribution in [0.25, 0.3) is 0 Å². The van der Waals surface area contributed by atoms with E-state index in [9.17, 15) is 0 Å². The number of para-hydroxylation sites is 2. The fourth-order valence-corrected chi connectivity index (χ4v) is 0.814. The van der Waals surface area contributed by atoms with Crippen LogP contribution >= 0.6 is 0 Å². The summed E-state index contributed by atoms with van der Waals surface area (Å²) in [6.45, 7) is 1.94. The fourth-order valence-electron chi connectivity index (χ4n) is 0.814. The zero-order valence-corrected chi connectivity index (χ0v) is 7.07. The van der Waals surface area contributed by atoms with Crippen molar-refractivity contribution in [1.82, 2.24) is 0 Å². The van der Waals surface area contributed by atoms with Gasteiger partial charge < -0.3 is 5.73 Å². The number of nitrogens with two attached hydrogens (primary N) is 1. The van der Waals surface area contributed by atoms with E-state index in [0.29, 0.717) is 5.69 Å². The molecule has 0 spiro atoms. The largest absolute Gasteiger partial charge is 0.397 e. The van der Waals surface area contributed by atoms with Crippen molar-refractivity contribution in [3.63, 3.8) is 0 Å². The highest BCUT2D eigenvalue weighted by Gasteiger charge is 1.90. The summed E-state index contributed by atoms with van der Waals surface area (Å²) < 4.78 is 0. The Morgan fingerprint density at radius 1 is 1.33 bits per heavy atom. The minimum Gasteiger partial charge on any atom is -0.397 e. The summed E-state index contributed by atoms with van der Waals surface area (Å²) in [5, 5.41) is 0. The van der Waals surface area contributed by atoms with Crippen molar-refractivity contribution in [2.45, 2.75) is 6.92 Å². The molecule has 0 aromatic heterocycles. The van der Waals surface area contributed by atoms with Crippen molar-refractivity contribution in [2.24, 2.45) is 4.99 Å². The molecule has 0 saturated heterocycles. The van der Waals surface area contributed by atoms with Crippen LogP contribution in [0.4, 0.5) is 11.4 Å². The Kier molecular flexibility index (Phi) is 3.08. The molecule has 1 aromatic rings. The predicted octanol–water partition coefficient (Wildman–Crippen LogP) is 2.55. The Morgan fingerprint density at radius 3 is 2.75 bits per heavy atom. The SMILES string of the molecule is C/C=C\C=Nc1ccccc1N. The van der Waals surface area contributed by atoms with Gasteiger partial charge in [0, 0.05) is 6.21 Å². The number of nitrogens with zero attached hydrogens (tertiary/aromatic N) is 1. The van der Waals surface area contributed by atoms with E-state index in [-0.39, 0.29) is 0 Å². The molecule has 1 rings (SSSR count). The maximum atomic E-state index is 5.66. The van der Waals surface area contributed by atoms with Gasteiger partial charge in [0.2, 0.25) is 0 Å². The lowest BCUT2D eigenvalue weighted by molar-refractivity contribution is 1.53. The topological polar surface area (TPSA) is 38.4 Å². The number of anilines is 1. The summed E-state index contributed by atoms with van der Waals surface area (Å²) in [6.07, 6.45) is 5.51. The zero-order chi connectivity index (χ0) is 8.81. The van der Waals surface area contributed by atoms with Gasteiger partial charge in [0.1, 0.15) is 0 Å². The van der Waals surface area contributed by atoms with Crippen molar-refractivity contribution in [2.75, 3.05) is 5.73 Å². The number of hydrogen-bond acceptors (Lipinski definition) is 2. The average Bonchev–Trinajstić information content (AvgIpc) is 2.09. The molecule has 0 aliphatic heterocycles. The van der Waals surface area contributed by atoms with Crippen molar-refractivity contribution in [3.8, 4) is 0 Å². The van der Waals surface area contributed by atoms with Crippen molar-refractivity contribution >= 4 is 17.6 Å². The second-order valence-electron chi connectivity index (χ2n) is 2.36. The maximum absolute atomic E-state index is 5.66. The number of rotatable bonds is 2. The van der Waals surface area contributed by atoms with Gasteiger partial charge in [-0.05, 0) is 25.1 Å². The van der Waals surface area contributed by atoms with Crippen molar-refractivity contribution in [1.29, 1.82) is 0 Å². The smallest absolute Gasteiger partial charge is 0.0858 e. The standard InChI is InChI=1S/C10H12N2/c1-2-3-8-12-10-7-5-4-6-9(10)11/h2-8H,11H2,1H3/b3-2-,12-8?. The summed E-state index contributed by atoms with van der Waals surface area (Å²) in [4.78, 5) is 4.16. The highest BCUT2D eigenvalue weighted by atomic mass is 14.8. The maximum Gasteiger partial charge on any atom is 0.0858 e. The molecule has 0 unspecified atom stereocenters. The summed E-state index contributed by atoms with van der Waals surface area (Å²) >= 11 is 0. The molecular weight excluding hydrogens is 148 g/mol. The Morgan fingerprint density at radius 2 is 2.08 bits per heavy atom. The Balaban J connectivity index is 2.82. The first-order valence-electron chi connectivity index (χ1n) is 3.84. The van der Waals surface area contributed by atoms with E-state index < -0.39 is 0 Å². The Bertz CT molecular complexity index is 300. The van der Waals surface area contributed by atoms with E-state index in [0.717, 1.165) is 5.69 Å². The van der Waals surface area contributed by atoms with Crippen LogP contribution in [0.15, 0.2) is 41.4 Å². The molecule has 0 aliphatic rings. The second kappa shape index (κ2) is 4.34. The number of hydrogen-bond donors (Lipinski definition) is 1. The van der Waals surface area contributed by atoms with Crippen LogP contribution in [0.3, 0.4) is 0 Å². The number of allylic oxidation sites excluding steroid dienone is 2. The molecule has 0 fully saturated rings. The van der Waals surface area contributed by atoms with E-state index >= 15 is 0 Å². The third-order valence-corrected chi connectivity index (χ3v) is 1.43. The van der Waals surface area contributed by atoms with E-state index in [4.69, 9.17) is 5.73 Å². The molecule has 0 saturated carbocycles. The first-order chi connectivity index (χ1) is 5.84. The minimum atomic E-state index is 0.707. The lowest BCUT2D eigenvalue weighted by Crippen LogP contribution is -1.83. The van der Waals surface area contributed by atoms with Crippen LogP contribution in [0.2, 0.25) is 0 Å². The van der Waals surface area contributed by atoms with Gasteiger partial charge in [0.05, 0.1) is 11.4 Å². The van der Waals surface area contributed by atoms with Crippen LogP contribution in [-0.2, 0) is 0 Å². The van der Waals surface area contributed by atoms with Crippen LogP contribution < -0.4 is 5.73 Å². The minimum absolute atomic E-state index is 0.707. The van der Waals surface area contributed by atoms with Gasteiger partial charge in [-0.1, -0.05) is 18.2 Å². The number of nitrogen functional groups attached to an aromatic ring is 1. The molecule has 12 heavy (non-hydrogen) atoms. The summed E-state index contributed by atoms with van der Waals surface area (Å²) in [7, 11) is 0. The van der Waals surface area contributed by atoms with Crippen molar-refractivity contribution in [3.05, 3.63) is 36.4 Å². The molecule has 0 bridgehead atoms. The van der Waals surface area contributed by atoms with Crippen LogP contribution in [0.1, 0.15) is 6.92 Å². The van der Waals surface area contributed by atoms with E-state index in [1.807, 2.05) is 43.3 Å². The summed E-state index contributed by atoms with van der Waals surface area (Å²) in [5.74, 6) is 0. The molecule has 0 heterocycles. The molecular formula is C10H12N2. The monoisotopic (exact) mass is 160 g/mol. The molecule has 2 nitrogen and oxygen atoms in total. The highest BCUT2D eigenvalue weighted by Crippen LogP contribution is 2.19. The Hall–Kier alpha value is -1.57. The van der Waals surface area contributed by atoms with Crippen LogP contribution in [0, 0.1) is 0 Å². The predicted molar refractivity (Wildman–Crippen MR) is 53.8 cm³/mol. The van der Waals surface area contributed by atoms with Gasteiger partial charge in [-0.15, -0.1) is 0 Å². The zero-order valence-electron chi connectivity index (χ0n) is 7.07. The normalized spacial score (nSPS) is 11.4. The molecule has 2 N–H and O–H groups in total. The summed E-state index contributed by atoms with van der Waals surface area (Å²) in [5.41, 5.74) is 7.19. The van der Waals surface area contributed by atoms with Gasteiger partial charge in [0.25, 0.3) is 0 Å². The van der Waals surface area contributed by atoms with Crippen LogP contribution in [-0.4, -0.2) is 6.21 Å². The average molecular weight is 160 g/mol. The van der Waals surface area contributed by atoms with Gasteiger partial charge in [0.15, 0.2) is 0 Å². The van der Waals surface area contributed by atoms with Crippen molar-refractivity contribution < 1.29 is 0 Å². The number of benzene rings is 1. The lowest BCUT2D eigenvalue weighted by Gasteiger charge is -1.95. The second-order valence-corrected chi connectivity index (χ2v) is 2.36. The quantitative estimate of drug-likeness (QED) is 0.524. The molecule has 1 aromatic carbocycles. The van der Waals surface area contributed by atoms with E-state index in [1.54, 1.807) is 6.21 Å². The van der Waals surface area contributed by atoms with E-state index in [1.165, 1.54) is 0 Å². The third-order valence-electron chi connectivity index (χ3n) is 1.43. The highest BCUT2D eigenvalue weighted by molar-refractivity contribution is 5.77. The molecule has 2 heteroatoms. The molecule has 0 amide bonds. The first kappa shape index (κ1) is 8.53. The summed E-state index contributed by atoms with van der Waals surface area (Å²) in [6, 6.07) is 7.53. The molecule has 62 valence electrons. The molecule has 0 atom stereocenters. The van der Waals surface area contributed by atoms with Gasteiger partial charge in [-0.3, -0.25) is 4.99 Å². The third kappa shape index (κ3) is 2.23. The first-order valence-corrected chi connectivity index (χ1v) is 3.84. The van der Waals surface area contributed by atoms with Gasteiger partial charge in [-0.2, -0.15) is 0 Å². The Labute approximate surface area is 72.4 Å². The van der Waals surface area contributed by atoms with Crippen LogP contribution in [0.5, 0.6) is 0 Å². The molecule has 0 aliphatic carbocycles. The van der Waals surface area contributed by atoms with E-state index in [2.05, 4.69) is 4.99 Å².